The molecule has 1 aromatic heterocycles. The van der Waals surface area contributed by atoms with Gasteiger partial charge in [0.2, 0.25) is 5.13 Å². The van der Waals surface area contributed by atoms with Gasteiger partial charge in [-0.05, 0) is 34.5 Å². The van der Waals surface area contributed by atoms with Crippen LogP contribution in [-0.4, -0.2) is 21.0 Å². The van der Waals surface area contributed by atoms with Gasteiger partial charge in [-0.25, -0.2) is 0 Å². The maximum absolute atomic E-state index is 12.1. The van der Waals surface area contributed by atoms with Crippen LogP contribution >= 0.6 is 27.3 Å². The molecule has 0 bridgehead atoms. The normalized spacial score (nSPS) is 10.4. The first-order valence-corrected chi connectivity index (χ1v) is 7.70. The molecular formula is C12H11BrN4O3S. The molecule has 9 heteroatoms. The minimum absolute atomic E-state index is 0.161. The van der Waals surface area contributed by atoms with E-state index in [9.17, 15) is 14.9 Å². The van der Waals surface area contributed by atoms with Crippen LogP contribution in [0.4, 0.5) is 10.8 Å². The largest absolute Gasteiger partial charge is 0.296 e. The molecule has 0 atom stereocenters. The topological polar surface area (TPSA) is 98.0 Å². The summed E-state index contributed by atoms with van der Waals surface area (Å²) in [5.41, 5.74) is 0.0312. The predicted octanol–water partition coefficient (Wildman–Crippen LogP) is 3.41. The van der Waals surface area contributed by atoms with E-state index in [1.807, 2.05) is 6.92 Å². The van der Waals surface area contributed by atoms with Crippen LogP contribution < -0.4 is 5.32 Å². The summed E-state index contributed by atoms with van der Waals surface area (Å²) >= 11 is 4.37. The minimum atomic E-state index is -0.550. The standard InChI is InChI=1S/C12H11BrN4O3S/c1-2-3-10-15-16-12(21-10)14-11(18)7-4-5-8(13)9(6-7)17(19)20/h4-6H,2-3H2,1H3,(H,14,16,18). The fourth-order valence-electron chi connectivity index (χ4n) is 1.58. The van der Waals surface area contributed by atoms with Gasteiger partial charge in [0.15, 0.2) is 0 Å². The zero-order chi connectivity index (χ0) is 15.4. The van der Waals surface area contributed by atoms with Crippen LogP contribution in [0.2, 0.25) is 0 Å². The Hall–Kier alpha value is -1.87. The van der Waals surface area contributed by atoms with Crippen molar-refractivity contribution in [2.45, 2.75) is 19.8 Å². The predicted molar refractivity (Wildman–Crippen MR) is 82.7 cm³/mol. The van der Waals surface area contributed by atoms with Crippen molar-refractivity contribution in [3.8, 4) is 0 Å². The summed E-state index contributed by atoms with van der Waals surface area (Å²) in [6.07, 6.45) is 1.75. The summed E-state index contributed by atoms with van der Waals surface area (Å²) < 4.78 is 0.324. The highest BCUT2D eigenvalue weighted by Crippen LogP contribution is 2.26. The van der Waals surface area contributed by atoms with Crippen LogP contribution in [0.1, 0.15) is 28.7 Å². The molecule has 0 spiro atoms. The lowest BCUT2D eigenvalue weighted by molar-refractivity contribution is -0.385. The number of halogens is 1. The van der Waals surface area contributed by atoms with Crippen molar-refractivity contribution < 1.29 is 9.72 Å². The Balaban J connectivity index is 2.16. The third-order valence-electron chi connectivity index (χ3n) is 2.56. The molecule has 2 aromatic rings. The number of rotatable bonds is 5. The van der Waals surface area contributed by atoms with Gasteiger partial charge >= 0.3 is 0 Å². The number of nitrogens with one attached hydrogen (secondary N) is 1. The number of aryl methyl sites for hydroxylation is 1. The van der Waals surface area contributed by atoms with E-state index < -0.39 is 10.8 Å². The van der Waals surface area contributed by atoms with Crippen molar-refractivity contribution >= 4 is 44.0 Å². The number of aromatic nitrogens is 2. The van der Waals surface area contributed by atoms with Gasteiger partial charge in [0.1, 0.15) is 5.01 Å². The Labute approximate surface area is 132 Å². The smallest absolute Gasteiger partial charge is 0.284 e. The third-order valence-corrected chi connectivity index (χ3v) is 4.13. The van der Waals surface area contributed by atoms with E-state index in [1.165, 1.54) is 29.5 Å². The van der Waals surface area contributed by atoms with E-state index in [-0.39, 0.29) is 11.3 Å². The SMILES string of the molecule is CCCc1nnc(NC(=O)c2ccc(Br)c([N+](=O)[O-])c2)s1. The number of nitro groups is 1. The lowest BCUT2D eigenvalue weighted by atomic mass is 10.2. The molecule has 21 heavy (non-hydrogen) atoms. The molecule has 0 radical (unpaired) electrons. The van der Waals surface area contributed by atoms with E-state index in [0.29, 0.717) is 9.60 Å². The van der Waals surface area contributed by atoms with Crippen LogP contribution in [0.3, 0.4) is 0 Å². The molecule has 0 aliphatic heterocycles. The number of hydrogen-bond donors (Lipinski definition) is 1. The summed E-state index contributed by atoms with van der Waals surface area (Å²) in [5, 5.41) is 22.5. The van der Waals surface area contributed by atoms with Crippen LogP contribution in [0.25, 0.3) is 0 Å². The third kappa shape index (κ3) is 3.82. The number of hydrogen-bond acceptors (Lipinski definition) is 6. The highest BCUT2D eigenvalue weighted by molar-refractivity contribution is 9.10. The number of benzene rings is 1. The average molecular weight is 371 g/mol. The summed E-state index contributed by atoms with van der Waals surface area (Å²) in [6, 6.07) is 4.18. The van der Waals surface area contributed by atoms with Crippen LogP contribution in [0.15, 0.2) is 22.7 Å². The number of anilines is 1. The number of nitrogens with zero attached hydrogens (tertiary/aromatic N) is 3. The van der Waals surface area contributed by atoms with Crippen molar-refractivity contribution in [1.29, 1.82) is 0 Å². The molecule has 1 aromatic carbocycles. The number of amides is 1. The molecule has 1 N–H and O–H groups in total. The highest BCUT2D eigenvalue weighted by atomic mass is 79.9. The Morgan fingerprint density at radius 2 is 2.24 bits per heavy atom. The van der Waals surface area contributed by atoms with Gasteiger partial charge in [-0.15, -0.1) is 10.2 Å². The Kier molecular flexibility index (Phi) is 4.97. The summed E-state index contributed by atoms with van der Waals surface area (Å²) in [6.45, 7) is 2.03. The Morgan fingerprint density at radius 3 is 2.90 bits per heavy atom. The number of nitro benzene ring substituents is 1. The van der Waals surface area contributed by atoms with Gasteiger partial charge in [-0.2, -0.15) is 0 Å². The monoisotopic (exact) mass is 370 g/mol. The molecule has 0 saturated carbocycles. The molecular weight excluding hydrogens is 360 g/mol. The fourth-order valence-corrected chi connectivity index (χ4v) is 2.81. The zero-order valence-electron chi connectivity index (χ0n) is 11.0. The van der Waals surface area contributed by atoms with Crippen molar-refractivity contribution in [1.82, 2.24) is 10.2 Å². The quantitative estimate of drug-likeness (QED) is 0.642. The maximum atomic E-state index is 12.1. The minimum Gasteiger partial charge on any atom is -0.296 e. The van der Waals surface area contributed by atoms with E-state index >= 15 is 0 Å². The number of carbonyl (C=O) groups excluding carboxylic acids is 1. The van der Waals surface area contributed by atoms with Crippen molar-refractivity contribution in [2.24, 2.45) is 0 Å². The fraction of sp³-hybridized carbons (Fsp3) is 0.250. The Morgan fingerprint density at radius 1 is 1.48 bits per heavy atom. The molecule has 110 valence electrons. The number of carbonyl (C=O) groups is 1. The second-order valence-electron chi connectivity index (χ2n) is 4.13. The van der Waals surface area contributed by atoms with Gasteiger partial charge in [0.05, 0.1) is 9.40 Å². The molecule has 1 heterocycles. The Bertz CT molecular complexity index is 689. The first-order chi connectivity index (χ1) is 10.0. The van der Waals surface area contributed by atoms with Crippen LogP contribution in [0, 0.1) is 10.1 Å². The molecule has 7 nitrogen and oxygen atoms in total. The van der Waals surface area contributed by atoms with Gasteiger partial charge in [-0.1, -0.05) is 18.3 Å². The van der Waals surface area contributed by atoms with E-state index in [0.717, 1.165) is 17.8 Å². The molecule has 1 amide bonds. The van der Waals surface area contributed by atoms with Gasteiger partial charge in [-0.3, -0.25) is 20.2 Å². The molecule has 0 fully saturated rings. The molecule has 0 aliphatic carbocycles. The maximum Gasteiger partial charge on any atom is 0.284 e. The lowest BCUT2D eigenvalue weighted by Gasteiger charge is -2.02. The first-order valence-electron chi connectivity index (χ1n) is 6.09. The molecule has 2 rings (SSSR count). The van der Waals surface area contributed by atoms with Crippen molar-refractivity contribution in [2.75, 3.05) is 5.32 Å². The summed E-state index contributed by atoms with van der Waals surface area (Å²) in [7, 11) is 0. The van der Waals surface area contributed by atoms with E-state index in [2.05, 4.69) is 31.4 Å². The lowest BCUT2D eigenvalue weighted by Crippen LogP contribution is -2.12. The summed E-state index contributed by atoms with van der Waals surface area (Å²) in [5.74, 6) is -0.454. The van der Waals surface area contributed by atoms with Gasteiger partial charge < -0.3 is 0 Å². The molecule has 0 unspecified atom stereocenters. The van der Waals surface area contributed by atoms with Crippen LogP contribution in [-0.2, 0) is 6.42 Å². The van der Waals surface area contributed by atoms with E-state index in [1.54, 1.807) is 0 Å². The second-order valence-corrected chi connectivity index (χ2v) is 6.04. The molecule has 0 saturated heterocycles. The highest BCUT2D eigenvalue weighted by Gasteiger charge is 2.17. The first kappa shape index (κ1) is 15.5. The van der Waals surface area contributed by atoms with Gasteiger partial charge in [0.25, 0.3) is 11.6 Å². The van der Waals surface area contributed by atoms with E-state index in [4.69, 9.17) is 0 Å². The average Bonchev–Trinajstić information content (AvgIpc) is 2.86. The second kappa shape index (κ2) is 6.72. The molecule has 0 aliphatic rings. The van der Waals surface area contributed by atoms with Gasteiger partial charge in [0, 0.05) is 18.1 Å². The van der Waals surface area contributed by atoms with Crippen LogP contribution in [0.5, 0.6) is 0 Å². The van der Waals surface area contributed by atoms with Crippen molar-refractivity contribution in [3.63, 3.8) is 0 Å². The summed E-state index contributed by atoms with van der Waals surface area (Å²) in [4.78, 5) is 22.4. The van der Waals surface area contributed by atoms with Crippen molar-refractivity contribution in [3.05, 3.63) is 43.4 Å². The zero-order valence-corrected chi connectivity index (χ0v) is 13.4.